The van der Waals surface area contributed by atoms with E-state index in [1.807, 2.05) is 48.5 Å². The zero-order valence-electron chi connectivity index (χ0n) is 20.5. The number of amides is 2. The van der Waals surface area contributed by atoms with E-state index in [-0.39, 0.29) is 29.9 Å². The first kappa shape index (κ1) is 26.3. The van der Waals surface area contributed by atoms with Crippen LogP contribution in [0.5, 0.6) is 0 Å². The number of nitrogens with zero attached hydrogens (tertiary/aromatic N) is 2. The van der Waals surface area contributed by atoms with Crippen LogP contribution in [0.3, 0.4) is 0 Å². The second kappa shape index (κ2) is 13.0. The molecule has 2 N–H and O–H groups in total. The maximum Gasteiger partial charge on any atom is 0.306 e. The lowest BCUT2D eigenvalue weighted by Crippen LogP contribution is -2.35. The number of esters is 1. The maximum absolute atomic E-state index is 12.5. The number of hydrogen-bond acceptors (Lipinski definition) is 6. The molecule has 0 atom stereocenters. The Morgan fingerprint density at radius 1 is 0.944 bits per heavy atom. The highest BCUT2D eigenvalue weighted by molar-refractivity contribution is 5.83. The smallest absolute Gasteiger partial charge is 0.306 e. The van der Waals surface area contributed by atoms with Crippen molar-refractivity contribution < 1.29 is 19.1 Å². The van der Waals surface area contributed by atoms with Crippen LogP contribution >= 0.6 is 0 Å². The van der Waals surface area contributed by atoms with E-state index in [1.54, 1.807) is 13.0 Å². The predicted molar refractivity (Wildman–Crippen MR) is 135 cm³/mol. The van der Waals surface area contributed by atoms with Crippen molar-refractivity contribution in [3.05, 3.63) is 87.7 Å². The number of benzene rings is 2. The van der Waals surface area contributed by atoms with Crippen LogP contribution in [0.15, 0.2) is 65.5 Å². The van der Waals surface area contributed by atoms with Gasteiger partial charge in [-0.25, -0.2) is 4.68 Å². The molecule has 0 radical (unpaired) electrons. The van der Waals surface area contributed by atoms with Crippen molar-refractivity contribution >= 4 is 17.8 Å². The first-order valence-electron chi connectivity index (χ1n) is 11.8. The lowest BCUT2D eigenvalue weighted by Gasteiger charge is -2.10. The van der Waals surface area contributed by atoms with Crippen molar-refractivity contribution in [2.45, 2.75) is 39.8 Å². The van der Waals surface area contributed by atoms with Gasteiger partial charge in [0.05, 0.1) is 25.4 Å². The fourth-order valence-electron chi connectivity index (χ4n) is 3.56. The van der Waals surface area contributed by atoms with Gasteiger partial charge in [0.1, 0.15) is 0 Å². The lowest BCUT2D eigenvalue weighted by molar-refractivity contribution is -0.143. The number of nitrogens with one attached hydrogen (secondary N) is 2. The Morgan fingerprint density at radius 2 is 1.69 bits per heavy atom. The average Bonchev–Trinajstić information content (AvgIpc) is 2.87. The quantitative estimate of drug-likeness (QED) is 0.398. The van der Waals surface area contributed by atoms with E-state index in [2.05, 4.69) is 15.7 Å². The molecule has 0 aliphatic carbocycles. The summed E-state index contributed by atoms with van der Waals surface area (Å²) in [5, 5.41) is 9.76. The minimum atomic E-state index is -0.285. The van der Waals surface area contributed by atoms with E-state index in [0.29, 0.717) is 38.2 Å². The SMILES string of the molecule is CCOC(=O)CCc1cccc(Cn2nc(-c3cccc(CNC(=O)CNC(C)=O)c3)ccc2=O)c1. The molecule has 0 unspecified atom stereocenters. The van der Waals surface area contributed by atoms with E-state index in [9.17, 15) is 19.2 Å². The molecule has 9 nitrogen and oxygen atoms in total. The molecule has 0 bridgehead atoms. The van der Waals surface area contributed by atoms with Crippen LogP contribution in [0, 0.1) is 0 Å². The second-order valence-electron chi connectivity index (χ2n) is 8.23. The molecule has 0 spiro atoms. The molecular weight excluding hydrogens is 460 g/mol. The summed E-state index contributed by atoms with van der Waals surface area (Å²) >= 11 is 0. The molecule has 188 valence electrons. The number of carbonyl (C=O) groups excluding carboxylic acids is 3. The van der Waals surface area contributed by atoms with Gasteiger partial charge in [0, 0.05) is 31.5 Å². The largest absolute Gasteiger partial charge is 0.466 e. The Balaban J connectivity index is 1.69. The third-order valence-corrected chi connectivity index (χ3v) is 5.32. The van der Waals surface area contributed by atoms with E-state index >= 15 is 0 Å². The first-order valence-corrected chi connectivity index (χ1v) is 11.8. The standard InChI is InChI=1S/C27H30N4O5/c1-3-36-27(35)13-10-20-6-4-8-22(14-20)18-31-26(34)12-11-24(30-31)23-9-5-7-21(15-23)16-29-25(33)17-28-19(2)32/h4-9,11-12,14-15H,3,10,13,16-18H2,1-2H3,(H,28,32)(H,29,33). The Bertz CT molecular complexity index is 1280. The number of aryl methyl sites for hydroxylation is 1. The third-order valence-electron chi connectivity index (χ3n) is 5.32. The van der Waals surface area contributed by atoms with E-state index < -0.39 is 0 Å². The molecule has 0 saturated heterocycles. The summed E-state index contributed by atoms with van der Waals surface area (Å²) in [6, 6.07) is 18.4. The van der Waals surface area contributed by atoms with Crippen LogP contribution in [-0.4, -0.2) is 40.7 Å². The van der Waals surface area contributed by atoms with Crippen LogP contribution in [0.4, 0.5) is 0 Å². The van der Waals surface area contributed by atoms with Gasteiger partial charge in [0.25, 0.3) is 5.56 Å². The van der Waals surface area contributed by atoms with Gasteiger partial charge in [-0.15, -0.1) is 0 Å². The van der Waals surface area contributed by atoms with Crippen molar-refractivity contribution in [2.24, 2.45) is 0 Å². The fourth-order valence-corrected chi connectivity index (χ4v) is 3.56. The van der Waals surface area contributed by atoms with E-state index in [4.69, 9.17) is 4.74 Å². The topological polar surface area (TPSA) is 119 Å². The Labute approximate surface area is 209 Å². The molecule has 0 fully saturated rings. The number of hydrogen-bond donors (Lipinski definition) is 2. The molecule has 0 aliphatic heterocycles. The van der Waals surface area contributed by atoms with Gasteiger partial charge in [0.2, 0.25) is 11.8 Å². The second-order valence-corrected chi connectivity index (χ2v) is 8.23. The molecule has 0 aliphatic rings. The normalized spacial score (nSPS) is 10.5. The third kappa shape index (κ3) is 8.19. The summed E-state index contributed by atoms with van der Waals surface area (Å²) in [5.74, 6) is -0.786. The molecule has 1 heterocycles. The zero-order valence-corrected chi connectivity index (χ0v) is 20.5. The van der Waals surface area contributed by atoms with Crippen molar-refractivity contribution in [3.63, 3.8) is 0 Å². The summed E-state index contributed by atoms with van der Waals surface area (Å²) in [4.78, 5) is 46.9. The molecule has 9 heteroatoms. The molecule has 2 amide bonds. The number of ether oxygens (including phenoxy) is 1. The van der Waals surface area contributed by atoms with E-state index in [0.717, 1.165) is 22.3 Å². The monoisotopic (exact) mass is 490 g/mol. The van der Waals surface area contributed by atoms with Crippen LogP contribution in [0.25, 0.3) is 11.3 Å². The van der Waals surface area contributed by atoms with Gasteiger partial charge in [-0.2, -0.15) is 5.10 Å². The fraction of sp³-hybridized carbons (Fsp3) is 0.296. The van der Waals surface area contributed by atoms with Crippen LogP contribution in [0.1, 0.15) is 37.0 Å². The van der Waals surface area contributed by atoms with Gasteiger partial charge >= 0.3 is 5.97 Å². The Morgan fingerprint density at radius 3 is 2.47 bits per heavy atom. The van der Waals surface area contributed by atoms with Gasteiger partial charge in [-0.1, -0.05) is 42.5 Å². The summed E-state index contributed by atoms with van der Waals surface area (Å²) in [6.45, 7) is 4.00. The van der Waals surface area contributed by atoms with Crippen molar-refractivity contribution in [2.75, 3.05) is 13.2 Å². The highest BCUT2D eigenvalue weighted by atomic mass is 16.5. The van der Waals surface area contributed by atoms with Crippen molar-refractivity contribution in [3.8, 4) is 11.3 Å². The number of rotatable bonds is 11. The molecule has 36 heavy (non-hydrogen) atoms. The van der Waals surface area contributed by atoms with Crippen LogP contribution in [0.2, 0.25) is 0 Å². The maximum atomic E-state index is 12.5. The van der Waals surface area contributed by atoms with Crippen molar-refractivity contribution in [1.82, 2.24) is 20.4 Å². The van der Waals surface area contributed by atoms with E-state index in [1.165, 1.54) is 17.7 Å². The Kier molecular flexibility index (Phi) is 9.50. The molecule has 3 rings (SSSR count). The highest BCUT2D eigenvalue weighted by Crippen LogP contribution is 2.17. The highest BCUT2D eigenvalue weighted by Gasteiger charge is 2.08. The number of aromatic nitrogens is 2. The molecule has 0 saturated carbocycles. The molecule has 3 aromatic rings. The molecule has 2 aromatic carbocycles. The zero-order chi connectivity index (χ0) is 25.9. The van der Waals surface area contributed by atoms with Gasteiger partial charge in [0.15, 0.2) is 0 Å². The van der Waals surface area contributed by atoms with Crippen LogP contribution < -0.4 is 16.2 Å². The lowest BCUT2D eigenvalue weighted by atomic mass is 10.1. The van der Waals surface area contributed by atoms with Gasteiger partial charge < -0.3 is 15.4 Å². The molecule has 1 aromatic heterocycles. The summed E-state index contributed by atoms with van der Waals surface area (Å²) in [7, 11) is 0. The summed E-state index contributed by atoms with van der Waals surface area (Å²) < 4.78 is 6.39. The van der Waals surface area contributed by atoms with Gasteiger partial charge in [-0.3, -0.25) is 19.2 Å². The minimum Gasteiger partial charge on any atom is -0.466 e. The predicted octanol–water partition coefficient (Wildman–Crippen LogP) is 2.21. The number of carbonyl (C=O) groups is 3. The van der Waals surface area contributed by atoms with Gasteiger partial charge in [-0.05, 0) is 42.2 Å². The summed E-state index contributed by atoms with van der Waals surface area (Å²) in [6.07, 6.45) is 0.859. The van der Waals surface area contributed by atoms with Crippen LogP contribution in [-0.2, 0) is 38.6 Å². The average molecular weight is 491 g/mol. The van der Waals surface area contributed by atoms with Crippen molar-refractivity contribution in [1.29, 1.82) is 0 Å². The summed E-state index contributed by atoms with van der Waals surface area (Å²) in [5.41, 5.74) is 3.95. The first-order chi connectivity index (χ1) is 17.3. The minimum absolute atomic E-state index is 0.0778. The molecular formula is C27H30N4O5. The Hall–Kier alpha value is -4.27.